The van der Waals surface area contributed by atoms with Crippen LogP contribution in [-0.4, -0.2) is 23.0 Å². The lowest BCUT2D eigenvalue weighted by Gasteiger charge is -2.17. The van der Waals surface area contributed by atoms with Gasteiger partial charge in [0.05, 0.1) is 5.02 Å². The zero-order valence-corrected chi connectivity index (χ0v) is 11.7. The number of hydrogen-bond donors (Lipinski definition) is 0. The maximum Gasteiger partial charge on any atom is 0.306 e. The molecule has 0 aliphatic heterocycles. The quantitative estimate of drug-likeness (QED) is 0.640. The first-order chi connectivity index (χ1) is 9.49. The van der Waals surface area contributed by atoms with Crippen molar-refractivity contribution in [2.75, 3.05) is 0 Å². The predicted molar refractivity (Wildman–Crippen MR) is 73.6 cm³/mol. The molecule has 2 aromatic rings. The first-order valence-corrected chi connectivity index (χ1v) is 6.24. The minimum atomic E-state index is -1.29. The number of rotatable bonds is 4. The van der Waals surface area contributed by atoms with Crippen LogP contribution in [0.5, 0.6) is 5.75 Å². The molecule has 0 fully saturated rings. The van der Waals surface area contributed by atoms with Crippen LogP contribution in [-0.2, 0) is 14.3 Å². The molecular formula is C14H12ClNO4. The lowest BCUT2D eigenvalue weighted by atomic mass is 10.2. The number of hydrogen-bond acceptors (Lipinski definition) is 5. The Balaban J connectivity index is 2.40. The zero-order chi connectivity index (χ0) is 14.7. The Kier molecular flexibility index (Phi) is 4.20. The van der Waals surface area contributed by atoms with Crippen molar-refractivity contribution in [3.8, 4) is 5.75 Å². The fraction of sp³-hybridized carbons (Fsp3) is 0.214. The number of Topliss-reactive ketones (excluding diaryl/α,β-unsaturated/α-hetero) is 1. The third-order valence-electron chi connectivity index (χ3n) is 2.52. The van der Waals surface area contributed by atoms with Gasteiger partial charge in [0.25, 0.3) is 0 Å². The number of pyridine rings is 1. The Hall–Kier alpha value is -2.14. The second-order valence-corrected chi connectivity index (χ2v) is 4.52. The van der Waals surface area contributed by atoms with E-state index in [-0.39, 0.29) is 0 Å². The largest absolute Gasteiger partial charge is 0.445 e. The van der Waals surface area contributed by atoms with Gasteiger partial charge in [-0.05, 0) is 24.3 Å². The summed E-state index contributed by atoms with van der Waals surface area (Å²) in [6, 6.07) is 6.74. The molecule has 1 heterocycles. The third kappa shape index (κ3) is 3.05. The van der Waals surface area contributed by atoms with Crippen LogP contribution < -0.4 is 4.74 Å². The van der Waals surface area contributed by atoms with Crippen molar-refractivity contribution in [3.63, 3.8) is 0 Å². The third-order valence-corrected chi connectivity index (χ3v) is 2.85. The zero-order valence-electron chi connectivity index (χ0n) is 10.9. The number of ketones is 1. The van der Waals surface area contributed by atoms with Gasteiger partial charge in [0.2, 0.25) is 5.78 Å². The molecule has 0 spiro atoms. The number of esters is 1. The normalized spacial score (nSPS) is 11.9. The summed E-state index contributed by atoms with van der Waals surface area (Å²) in [5, 5.41) is 1.21. The van der Waals surface area contributed by atoms with Gasteiger partial charge in [0.15, 0.2) is 5.75 Å². The first-order valence-electron chi connectivity index (χ1n) is 5.86. The number of fused-ring (bicyclic) bond motifs is 1. The summed E-state index contributed by atoms with van der Waals surface area (Å²) in [5.41, 5.74) is 0.499. The van der Waals surface area contributed by atoms with Crippen LogP contribution in [0.4, 0.5) is 0 Å². The van der Waals surface area contributed by atoms with Crippen molar-refractivity contribution >= 4 is 34.3 Å². The maximum atomic E-state index is 11.4. The van der Waals surface area contributed by atoms with Crippen molar-refractivity contribution in [3.05, 3.63) is 35.5 Å². The molecule has 5 nitrogen and oxygen atoms in total. The van der Waals surface area contributed by atoms with E-state index in [9.17, 15) is 9.59 Å². The van der Waals surface area contributed by atoms with Gasteiger partial charge < -0.3 is 9.47 Å². The molecule has 20 heavy (non-hydrogen) atoms. The SMILES string of the molecule is CC(=O)OC(Oc1ccc(Cl)c2cccnc12)C(C)=O. The molecule has 0 saturated carbocycles. The summed E-state index contributed by atoms with van der Waals surface area (Å²) in [6.07, 6.45) is 0.291. The van der Waals surface area contributed by atoms with E-state index >= 15 is 0 Å². The second kappa shape index (κ2) is 5.88. The number of carbonyl (C=O) groups excluding carboxylic acids is 2. The maximum absolute atomic E-state index is 11.4. The predicted octanol–water partition coefficient (Wildman–Crippen LogP) is 2.75. The van der Waals surface area contributed by atoms with Gasteiger partial charge in [-0.25, -0.2) is 0 Å². The smallest absolute Gasteiger partial charge is 0.306 e. The van der Waals surface area contributed by atoms with Gasteiger partial charge in [0, 0.05) is 25.4 Å². The van der Waals surface area contributed by atoms with Crippen LogP contribution in [0.15, 0.2) is 30.5 Å². The molecule has 104 valence electrons. The molecule has 1 unspecified atom stereocenters. The summed E-state index contributed by atoms with van der Waals surface area (Å²) in [4.78, 5) is 26.6. The molecule has 0 amide bonds. The minimum Gasteiger partial charge on any atom is -0.445 e. The van der Waals surface area contributed by atoms with E-state index in [4.69, 9.17) is 21.1 Å². The molecule has 2 rings (SSSR count). The number of halogens is 1. The van der Waals surface area contributed by atoms with Gasteiger partial charge >= 0.3 is 12.3 Å². The van der Waals surface area contributed by atoms with Gasteiger partial charge in [-0.1, -0.05) is 11.6 Å². The van der Waals surface area contributed by atoms with E-state index in [1.54, 1.807) is 30.5 Å². The molecule has 1 atom stereocenters. The van der Waals surface area contributed by atoms with Crippen molar-refractivity contribution < 1.29 is 19.1 Å². The van der Waals surface area contributed by atoms with Crippen LogP contribution in [0.25, 0.3) is 10.9 Å². The van der Waals surface area contributed by atoms with Crippen molar-refractivity contribution in [1.82, 2.24) is 4.98 Å². The summed E-state index contributed by atoms with van der Waals surface area (Å²) in [5.74, 6) is -0.692. The monoisotopic (exact) mass is 293 g/mol. The van der Waals surface area contributed by atoms with Gasteiger partial charge in [-0.3, -0.25) is 14.6 Å². The molecule has 0 bridgehead atoms. The van der Waals surface area contributed by atoms with E-state index in [0.29, 0.717) is 21.7 Å². The van der Waals surface area contributed by atoms with E-state index in [0.717, 1.165) is 0 Å². The highest BCUT2D eigenvalue weighted by Crippen LogP contribution is 2.30. The van der Waals surface area contributed by atoms with Gasteiger partial charge in [0.1, 0.15) is 5.52 Å². The fourth-order valence-corrected chi connectivity index (χ4v) is 1.88. The van der Waals surface area contributed by atoms with Crippen molar-refractivity contribution in [1.29, 1.82) is 0 Å². The molecule has 6 heteroatoms. The van der Waals surface area contributed by atoms with Gasteiger partial charge in [-0.15, -0.1) is 0 Å². The number of benzene rings is 1. The fourth-order valence-electron chi connectivity index (χ4n) is 1.66. The lowest BCUT2D eigenvalue weighted by molar-refractivity contribution is -0.168. The Morgan fingerprint density at radius 1 is 1.25 bits per heavy atom. The Bertz CT molecular complexity index is 671. The second-order valence-electron chi connectivity index (χ2n) is 4.11. The average molecular weight is 294 g/mol. The topological polar surface area (TPSA) is 65.5 Å². The van der Waals surface area contributed by atoms with Crippen LogP contribution in [0.2, 0.25) is 5.02 Å². The number of ether oxygens (including phenoxy) is 2. The first kappa shape index (κ1) is 14.3. The Morgan fingerprint density at radius 2 is 2.00 bits per heavy atom. The molecule has 0 radical (unpaired) electrons. The highest BCUT2D eigenvalue weighted by Gasteiger charge is 2.21. The van der Waals surface area contributed by atoms with Crippen LogP contribution >= 0.6 is 11.6 Å². The molecule has 0 N–H and O–H groups in total. The number of aromatic nitrogens is 1. The minimum absolute atomic E-state index is 0.325. The highest BCUT2D eigenvalue weighted by atomic mass is 35.5. The van der Waals surface area contributed by atoms with Crippen LogP contribution in [0.1, 0.15) is 13.8 Å². The highest BCUT2D eigenvalue weighted by molar-refractivity contribution is 6.35. The van der Waals surface area contributed by atoms with Crippen molar-refractivity contribution in [2.45, 2.75) is 20.1 Å². The van der Waals surface area contributed by atoms with Crippen molar-refractivity contribution in [2.24, 2.45) is 0 Å². The Morgan fingerprint density at radius 3 is 2.65 bits per heavy atom. The molecule has 1 aromatic carbocycles. The summed E-state index contributed by atoms with van der Waals surface area (Å²) < 4.78 is 10.3. The van der Waals surface area contributed by atoms with Crippen LogP contribution in [0, 0.1) is 0 Å². The molecule has 0 saturated heterocycles. The summed E-state index contributed by atoms with van der Waals surface area (Å²) in [6.45, 7) is 2.48. The molecule has 0 aliphatic rings. The number of nitrogens with zero attached hydrogens (tertiary/aromatic N) is 1. The van der Waals surface area contributed by atoms with Gasteiger partial charge in [-0.2, -0.15) is 0 Å². The van der Waals surface area contributed by atoms with E-state index in [1.807, 2.05) is 0 Å². The standard InChI is InChI=1S/C14H12ClNO4/c1-8(17)14(19-9(2)18)20-12-6-5-11(15)10-4-3-7-16-13(10)12/h3-7,14H,1-2H3. The average Bonchev–Trinajstić information content (AvgIpc) is 2.40. The van der Waals surface area contributed by atoms with E-state index in [1.165, 1.54) is 13.8 Å². The summed E-state index contributed by atoms with van der Waals surface area (Å²) in [7, 11) is 0. The van der Waals surface area contributed by atoms with E-state index in [2.05, 4.69) is 4.98 Å². The number of carbonyl (C=O) groups is 2. The molecular weight excluding hydrogens is 282 g/mol. The lowest BCUT2D eigenvalue weighted by Crippen LogP contribution is -2.30. The summed E-state index contributed by atoms with van der Waals surface area (Å²) >= 11 is 6.06. The molecule has 0 aliphatic carbocycles. The molecule has 1 aromatic heterocycles. The van der Waals surface area contributed by atoms with E-state index < -0.39 is 18.0 Å². The Labute approximate surface area is 120 Å². The van der Waals surface area contributed by atoms with Crippen LogP contribution in [0.3, 0.4) is 0 Å².